The maximum Gasteiger partial charge on any atom is 0.161 e. The van der Waals surface area contributed by atoms with Gasteiger partial charge in [0.1, 0.15) is 0 Å². The van der Waals surface area contributed by atoms with Crippen LogP contribution in [0.5, 0.6) is 11.5 Å². The van der Waals surface area contributed by atoms with Crippen molar-refractivity contribution < 1.29 is 14.6 Å². The summed E-state index contributed by atoms with van der Waals surface area (Å²) in [5.41, 5.74) is 0.824. The number of benzene rings is 1. The molecule has 0 unspecified atom stereocenters. The number of aliphatic hydroxyl groups excluding tert-OH is 1. The Hall–Kier alpha value is -1.22. The summed E-state index contributed by atoms with van der Waals surface area (Å²) in [5, 5.41) is 9.37. The third kappa shape index (κ3) is 2.39. The highest BCUT2D eigenvalue weighted by molar-refractivity contribution is 5.43. The van der Waals surface area contributed by atoms with Crippen LogP contribution in [-0.2, 0) is 0 Å². The van der Waals surface area contributed by atoms with E-state index in [2.05, 4.69) is 0 Å². The monoisotopic (exact) mass is 196 g/mol. The Morgan fingerprint density at radius 2 is 2.07 bits per heavy atom. The van der Waals surface area contributed by atoms with Gasteiger partial charge in [-0.05, 0) is 31.5 Å². The zero-order valence-corrected chi connectivity index (χ0v) is 8.78. The van der Waals surface area contributed by atoms with Gasteiger partial charge in [0, 0.05) is 0 Å². The summed E-state index contributed by atoms with van der Waals surface area (Å²) in [6.07, 6.45) is -0.487. The molecule has 0 spiro atoms. The third-order valence-corrected chi connectivity index (χ3v) is 1.97. The molecule has 0 aromatic heterocycles. The molecule has 1 aromatic rings. The van der Waals surface area contributed by atoms with E-state index in [4.69, 9.17) is 9.47 Å². The van der Waals surface area contributed by atoms with E-state index in [1.165, 1.54) is 0 Å². The van der Waals surface area contributed by atoms with Crippen LogP contribution in [0.4, 0.5) is 0 Å². The second kappa shape index (κ2) is 4.86. The van der Waals surface area contributed by atoms with Crippen LogP contribution < -0.4 is 9.47 Å². The summed E-state index contributed by atoms with van der Waals surface area (Å²) in [7, 11) is 1.59. The zero-order chi connectivity index (χ0) is 10.6. The summed E-state index contributed by atoms with van der Waals surface area (Å²) < 4.78 is 10.5. The van der Waals surface area contributed by atoms with E-state index in [0.29, 0.717) is 18.1 Å². The van der Waals surface area contributed by atoms with Gasteiger partial charge >= 0.3 is 0 Å². The van der Waals surface area contributed by atoms with Crippen LogP contribution in [0.3, 0.4) is 0 Å². The van der Waals surface area contributed by atoms with Gasteiger partial charge in [0.2, 0.25) is 0 Å². The Kier molecular flexibility index (Phi) is 3.77. The molecular weight excluding hydrogens is 180 g/mol. The summed E-state index contributed by atoms with van der Waals surface area (Å²) in [6.45, 7) is 4.24. The predicted octanol–water partition coefficient (Wildman–Crippen LogP) is 2.15. The normalized spacial score (nSPS) is 12.3. The van der Waals surface area contributed by atoms with Crippen LogP contribution in [-0.4, -0.2) is 18.8 Å². The quantitative estimate of drug-likeness (QED) is 0.801. The lowest BCUT2D eigenvalue weighted by molar-refractivity contribution is 0.198. The molecule has 0 aliphatic heterocycles. The molecule has 0 amide bonds. The molecule has 1 atom stereocenters. The number of hydrogen-bond donors (Lipinski definition) is 1. The van der Waals surface area contributed by atoms with Gasteiger partial charge in [0.05, 0.1) is 19.8 Å². The molecule has 0 bridgehead atoms. The summed E-state index contributed by atoms with van der Waals surface area (Å²) in [4.78, 5) is 0. The SMILES string of the molecule is CCOc1ccc([C@@H](C)O)cc1OC. The van der Waals surface area contributed by atoms with Gasteiger partial charge in [-0.25, -0.2) is 0 Å². The smallest absolute Gasteiger partial charge is 0.161 e. The van der Waals surface area contributed by atoms with Crippen molar-refractivity contribution in [3.05, 3.63) is 23.8 Å². The van der Waals surface area contributed by atoms with Crippen LogP contribution in [0.25, 0.3) is 0 Å². The van der Waals surface area contributed by atoms with Crippen LogP contribution in [0.2, 0.25) is 0 Å². The van der Waals surface area contributed by atoms with E-state index in [9.17, 15) is 5.11 Å². The molecule has 1 N–H and O–H groups in total. The van der Waals surface area contributed by atoms with E-state index in [1.807, 2.05) is 19.1 Å². The molecule has 0 saturated carbocycles. The Bertz CT molecular complexity index is 295. The van der Waals surface area contributed by atoms with Crippen molar-refractivity contribution >= 4 is 0 Å². The maximum absolute atomic E-state index is 9.37. The van der Waals surface area contributed by atoms with Crippen molar-refractivity contribution in [3.8, 4) is 11.5 Å². The van der Waals surface area contributed by atoms with Crippen LogP contribution in [0.1, 0.15) is 25.5 Å². The topological polar surface area (TPSA) is 38.7 Å². The van der Waals surface area contributed by atoms with Crippen LogP contribution in [0.15, 0.2) is 18.2 Å². The lowest BCUT2D eigenvalue weighted by Gasteiger charge is -2.11. The predicted molar refractivity (Wildman–Crippen MR) is 54.8 cm³/mol. The number of rotatable bonds is 4. The lowest BCUT2D eigenvalue weighted by Crippen LogP contribution is -1.97. The second-order valence-corrected chi connectivity index (χ2v) is 3.02. The highest BCUT2D eigenvalue weighted by atomic mass is 16.5. The zero-order valence-electron chi connectivity index (χ0n) is 8.78. The lowest BCUT2D eigenvalue weighted by atomic mass is 10.1. The average Bonchev–Trinajstić information content (AvgIpc) is 2.18. The summed E-state index contributed by atoms with van der Waals surface area (Å²) in [5.74, 6) is 1.37. The van der Waals surface area contributed by atoms with Gasteiger partial charge < -0.3 is 14.6 Å². The molecule has 0 aliphatic rings. The van der Waals surface area contributed by atoms with E-state index in [0.717, 1.165) is 5.56 Å². The average molecular weight is 196 g/mol. The Balaban J connectivity index is 2.98. The molecule has 3 nitrogen and oxygen atoms in total. The van der Waals surface area contributed by atoms with Gasteiger partial charge in [0.15, 0.2) is 11.5 Å². The molecular formula is C11H16O3. The minimum Gasteiger partial charge on any atom is -0.493 e. The number of hydrogen-bond acceptors (Lipinski definition) is 3. The van der Waals surface area contributed by atoms with Gasteiger partial charge in [0.25, 0.3) is 0 Å². The van der Waals surface area contributed by atoms with Crippen molar-refractivity contribution in [2.45, 2.75) is 20.0 Å². The number of aliphatic hydroxyl groups is 1. The third-order valence-electron chi connectivity index (χ3n) is 1.97. The minimum absolute atomic E-state index is 0.487. The molecule has 3 heteroatoms. The van der Waals surface area contributed by atoms with Crippen molar-refractivity contribution in [2.24, 2.45) is 0 Å². The fourth-order valence-electron chi connectivity index (χ4n) is 1.22. The van der Waals surface area contributed by atoms with E-state index < -0.39 is 6.10 Å². The molecule has 0 heterocycles. The highest BCUT2D eigenvalue weighted by Crippen LogP contribution is 2.30. The second-order valence-electron chi connectivity index (χ2n) is 3.02. The van der Waals surface area contributed by atoms with Crippen LogP contribution >= 0.6 is 0 Å². The molecule has 78 valence electrons. The Labute approximate surface area is 84.3 Å². The van der Waals surface area contributed by atoms with E-state index in [-0.39, 0.29) is 0 Å². The maximum atomic E-state index is 9.37. The van der Waals surface area contributed by atoms with Gasteiger partial charge in [-0.15, -0.1) is 0 Å². The van der Waals surface area contributed by atoms with Crippen molar-refractivity contribution in [1.29, 1.82) is 0 Å². The van der Waals surface area contributed by atoms with E-state index >= 15 is 0 Å². The van der Waals surface area contributed by atoms with Crippen LogP contribution in [0, 0.1) is 0 Å². The molecule has 0 aliphatic carbocycles. The first kappa shape index (κ1) is 10.9. The number of methoxy groups -OCH3 is 1. The summed E-state index contributed by atoms with van der Waals surface area (Å²) >= 11 is 0. The van der Waals surface area contributed by atoms with Gasteiger partial charge in [-0.1, -0.05) is 6.07 Å². The fraction of sp³-hybridized carbons (Fsp3) is 0.455. The first-order chi connectivity index (χ1) is 6.69. The van der Waals surface area contributed by atoms with E-state index in [1.54, 1.807) is 20.1 Å². The first-order valence-electron chi connectivity index (χ1n) is 4.67. The largest absolute Gasteiger partial charge is 0.493 e. The highest BCUT2D eigenvalue weighted by Gasteiger charge is 2.07. The Morgan fingerprint density at radius 1 is 1.36 bits per heavy atom. The molecule has 0 fully saturated rings. The molecule has 0 radical (unpaired) electrons. The molecule has 14 heavy (non-hydrogen) atoms. The standard InChI is InChI=1S/C11H16O3/c1-4-14-10-6-5-9(8(2)12)7-11(10)13-3/h5-8,12H,4H2,1-3H3/t8-/m1/s1. The molecule has 0 saturated heterocycles. The van der Waals surface area contributed by atoms with Gasteiger partial charge in [-0.3, -0.25) is 0 Å². The molecule has 1 aromatic carbocycles. The minimum atomic E-state index is -0.487. The molecule has 1 rings (SSSR count). The number of ether oxygens (including phenoxy) is 2. The fourth-order valence-corrected chi connectivity index (χ4v) is 1.22. The summed E-state index contributed by atoms with van der Waals surface area (Å²) in [6, 6.07) is 5.43. The van der Waals surface area contributed by atoms with Crippen molar-refractivity contribution in [3.63, 3.8) is 0 Å². The van der Waals surface area contributed by atoms with Gasteiger partial charge in [-0.2, -0.15) is 0 Å². The van der Waals surface area contributed by atoms with Crippen molar-refractivity contribution in [1.82, 2.24) is 0 Å². The first-order valence-corrected chi connectivity index (χ1v) is 4.67. The Morgan fingerprint density at radius 3 is 2.57 bits per heavy atom. The van der Waals surface area contributed by atoms with Crippen molar-refractivity contribution in [2.75, 3.05) is 13.7 Å².